The maximum absolute atomic E-state index is 13.0. The van der Waals surface area contributed by atoms with Gasteiger partial charge in [0.25, 0.3) is 0 Å². The van der Waals surface area contributed by atoms with Crippen molar-refractivity contribution in [3.05, 3.63) is 11.6 Å². The van der Waals surface area contributed by atoms with Crippen molar-refractivity contribution in [3.63, 3.8) is 0 Å². The second kappa shape index (κ2) is 8.29. The predicted octanol–water partition coefficient (Wildman–Crippen LogP) is 0.286. The standard InChI is InChI=1S/C17H28N6O3/c1-10(2)7-13-8-22(9-16-21-20-11(3)23(13)16)17(26)14(19-12(4)24)5-6-15(18)25/h10,13-14H,5-9H2,1-4H3,(H2,18,25)(H,19,24)/t13-,14-/m0/s1. The Bertz CT molecular complexity index is 684. The smallest absolute Gasteiger partial charge is 0.245 e. The van der Waals surface area contributed by atoms with Crippen LogP contribution in [0.25, 0.3) is 0 Å². The zero-order chi connectivity index (χ0) is 19.4. The summed E-state index contributed by atoms with van der Waals surface area (Å²) in [5.74, 6) is 0.990. The summed E-state index contributed by atoms with van der Waals surface area (Å²) in [6.07, 6.45) is 1.11. The molecule has 9 nitrogen and oxygen atoms in total. The zero-order valence-electron chi connectivity index (χ0n) is 15.9. The van der Waals surface area contributed by atoms with Crippen molar-refractivity contribution in [2.75, 3.05) is 6.54 Å². The molecule has 0 aromatic carbocycles. The molecule has 0 aliphatic carbocycles. The Balaban J connectivity index is 2.21. The number of rotatable bonds is 7. The van der Waals surface area contributed by atoms with Crippen LogP contribution >= 0.6 is 0 Å². The Hall–Kier alpha value is -2.45. The van der Waals surface area contributed by atoms with Crippen molar-refractivity contribution >= 4 is 17.7 Å². The molecule has 0 spiro atoms. The van der Waals surface area contributed by atoms with E-state index in [0.29, 0.717) is 19.0 Å². The molecule has 1 aromatic rings. The summed E-state index contributed by atoms with van der Waals surface area (Å²) in [7, 11) is 0. The zero-order valence-corrected chi connectivity index (χ0v) is 15.9. The molecular formula is C17H28N6O3. The van der Waals surface area contributed by atoms with Crippen LogP contribution in [0.15, 0.2) is 0 Å². The number of nitrogens with zero attached hydrogens (tertiary/aromatic N) is 4. The van der Waals surface area contributed by atoms with Crippen LogP contribution in [-0.2, 0) is 20.9 Å². The lowest BCUT2D eigenvalue weighted by atomic mass is 10.0. The van der Waals surface area contributed by atoms with Gasteiger partial charge in [0.1, 0.15) is 11.9 Å². The highest BCUT2D eigenvalue weighted by atomic mass is 16.2. The fourth-order valence-electron chi connectivity index (χ4n) is 3.47. The molecule has 1 aromatic heterocycles. The lowest BCUT2D eigenvalue weighted by Gasteiger charge is -2.36. The van der Waals surface area contributed by atoms with Crippen molar-refractivity contribution in [3.8, 4) is 0 Å². The van der Waals surface area contributed by atoms with Gasteiger partial charge in [0.05, 0.1) is 12.6 Å². The third-order valence-corrected chi connectivity index (χ3v) is 4.48. The minimum absolute atomic E-state index is 0.0369. The Kier molecular flexibility index (Phi) is 6.33. The maximum Gasteiger partial charge on any atom is 0.245 e. The molecule has 144 valence electrons. The van der Waals surface area contributed by atoms with Crippen LogP contribution in [0, 0.1) is 12.8 Å². The number of amides is 3. The molecule has 2 heterocycles. The van der Waals surface area contributed by atoms with Gasteiger partial charge in [-0.15, -0.1) is 10.2 Å². The molecule has 0 saturated carbocycles. The van der Waals surface area contributed by atoms with Gasteiger partial charge in [0.2, 0.25) is 17.7 Å². The predicted molar refractivity (Wildman–Crippen MR) is 94.7 cm³/mol. The van der Waals surface area contributed by atoms with E-state index < -0.39 is 11.9 Å². The van der Waals surface area contributed by atoms with Crippen LogP contribution in [0.2, 0.25) is 0 Å². The minimum Gasteiger partial charge on any atom is -0.370 e. The topological polar surface area (TPSA) is 123 Å². The van der Waals surface area contributed by atoms with E-state index in [-0.39, 0.29) is 30.7 Å². The largest absolute Gasteiger partial charge is 0.370 e. The quantitative estimate of drug-likeness (QED) is 0.719. The molecule has 3 amide bonds. The van der Waals surface area contributed by atoms with E-state index in [1.165, 1.54) is 6.92 Å². The summed E-state index contributed by atoms with van der Waals surface area (Å²) in [6.45, 7) is 8.38. The Morgan fingerprint density at radius 3 is 2.58 bits per heavy atom. The summed E-state index contributed by atoms with van der Waals surface area (Å²) < 4.78 is 2.10. The number of fused-ring (bicyclic) bond motifs is 1. The molecule has 1 aliphatic heterocycles. The van der Waals surface area contributed by atoms with E-state index in [1.807, 2.05) is 6.92 Å². The van der Waals surface area contributed by atoms with Gasteiger partial charge in [0.15, 0.2) is 5.82 Å². The number of carbonyl (C=O) groups is 3. The molecule has 0 bridgehead atoms. The van der Waals surface area contributed by atoms with Crippen molar-refractivity contribution in [1.82, 2.24) is 25.0 Å². The average Bonchev–Trinajstić information content (AvgIpc) is 2.91. The number of nitrogens with two attached hydrogens (primary N) is 1. The van der Waals surface area contributed by atoms with Crippen molar-refractivity contribution in [2.24, 2.45) is 11.7 Å². The lowest BCUT2D eigenvalue weighted by Crippen LogP contribution is -2.51. The van der Waals surface area contributed by atoms with Crippen LogP contribution in [0.5, 0.6) is 0 Å². The van der Waals surface area contributed by atoms with Crippen LogP contribution in [0.1, 0.15) is 57.7 Å². The molecular weight excluding hydrogens is 336 g/mol. The fourth-order valence-corrected chi connectivity index (χ4v) is 3.47. The number of nitrogens with one attached hydrogen (secondary N) is 1. The van der Waals surface area contributed by atoms with Crippen LogP contribution < -0.4 is 11.1 Å². The van der Waals surface area contributed by atoms with Crippen LogP contribution in [0.4, 0.5) is 0 Å². The molecule has 2 atom stereocenters. The molecule has 2 rings (SSSR count). The van der Waals surface area contributed by atoms with Crippen molar-refractivity contribution in [2.45, 2.75) is 65.6 Å². The normalized spacial score (nSPS) is 17.7. The van der Waals surface area contributed by atoms with E-state index in [0.717, 1.165) is 18.1 Å². The first-order chi connectivity index (χ1) is 12.2. The summed E-state index contributed by atoms with van der Waals surface area (Å²) >= 11 is 0. The van der Waals surface area contributed by atoms with Crippen molar-refractivity contribution < 1.29 is 14.4 Å². The van der Waals surface area contributed by atoms with Gasteiger partial charge in [0, 0.05) is 19.9 Å². The first kappa shape index (κ1) is 19.9. The average molecular weight is 364 g/mol. The number of aromatic nitrogens is 3. The molecule has 1 aliphatic rings. The van der Waals surface area contributed by atoms with E-state index in [4.69, 9.17) is 5.73 Å². The second-order valence-corrected chi connectivity index (χ2v) is 7.29. The number of carbonyl (C=O) groups excluding carboxylic acids is 3. The lowest BCUT2D eigenvalue weighted by molar-refractivity contribution is -0.138. The molecule has 9 heteroatoms. The van der Waals surface area contributed by atoms with E-state index in [9.17, 15) is 14.4 Å². The number of hydrogen-bond donors (Lipinski definition) is 2. The highest BCUT2D eigenvalue weighted by Gasteiger charge is 2.34. The number of primary amides is 1. The van der Waals surface area contributed by atoms with Gasteiger partial charge in [-0.2, -0.15) is 0 Å². The Labute approximate surface area is 153 Å². The molecule has 0 unspecified atom stereocenters. The van der Waals surface area contributed by atoms with Crippen LogP contribution in [0.3, 0.4) is 0 Å². The van der Waals surface area contributed by atoms with Crippen LogP contribution in [-0.4, -0.2) is 50.0 Å². The second-order valence-electron chi connectivity index (χ2n) is 7.29. The summed E-state index contributed by atoms with van der Waals surface area (Å²) in [4.78, 5) is 37.3. The van der Waals surface area contributed by atoms with E-state index in [2.05, 4.69) is 33.9 Å². The highest BCUT2D eigenvalue weighted by Crippen LogP contribution is 2.27. The maximum atomic E-state index is 13.0. The van der Waals surface area contributed by atoms with E-state index >= 15 is 0 Å². The molecule has 3 N–H and O–H groups in total. The Morgan fingerprint density at radius 1 is 1.31 bits per heavy atom. The third kappa shape index (κ3) is 4.80. The van der Waals surface area contributed by atoms with Gasteiger partial charge in [-0.25, -0.2) is 0 Å². The van der Waals surface area contributed by atoms with Gasteiger partial charge in [-0.3, -0.25) is 14.4 Å². The molecule has 0 radical (unpaired) electrons. The van der Waals surface area contributed by atoms with E-state index in [1.54, 1.807) is 4.90 Å². The SMILES string of the molecule is CC(=O)N[C@@H](CCC(N)=O)C(=O)N1Cc2nnc(C)n2[C@@H](CC(C)C)C1. The summed E-state index contributed by atoms with van der Waals surface area (Å²) in [5, 5.41) is 11.0. The summed E-state index contributed by atoms with van der Waals surface area (Å²) in [6, 6.07) is -0.679. The highest BCUT2D eigenvalue weighted by molar-refractivity contribution is 5.87. The molecule has 26 heavy (non-hydrogen) atoms. The third-order valence-electron chi connectivity index (χ3n) is 4.48. The number of aryl methyl sites for hydroxylation is 1. The summed E-state index contributed by atoms with van der Waals surface area (Å²) in [5.41, 5.74) is 5.19. The van der Waals surface area contributed by atoms with Gasteiger partial charge in [-0.1, -0.05) is 13.8 Å². The van der Waals surface area contributed by atoms with Gasteiger partial charge >= 0.3 is 0 Å². The fraction of sp³-hybridized carbons (Fsp3) is 0.706. The van der Waals surface area contributed by atoms with Gasteiger partial charge in [-0.05, 0) is 25.7 Å². The first-order valence-corrected chi connectivity index (χ1v) is 8.93. The molecule has 0 fully saturated rings. The number of hydrogen-bond acceptors (Lipinski definition) is 5. The minimum atomic E-state index is -0.768. The molecule has 0 saturated heterocycles. The first-order valence-electron chi connectivity index (χ1n) is 8.93. The van der Waals surface area contributed by atoms with Crippen molar-refractivity contribution in [1.29, 1.82) is 0 Å². The Morgan fingerprint density at radius 2 is 2.00 bits per heavy atom. The van der Waals surface area contributed by atoms with Gasteiger partial charge < -0.3 is 20.5 Å². The monoisotopic (exact) mass is 364 g/mol.